The van der Waals surface area contributed by atoms with E-state index in [9.17, 15) is 4.79 Å². The van der Waals surface area contributed by atoms with E-state index in [2.05, 4.69) is 21.6 Å². The highest BCUT2D eigenvalue weighted by Gasteiger charge is 2.33. The van der Waals surface area contributed by atoms with Crippen LogP contribution in [0.25, 0.3) is 10.9 Å². The minimum absolute atomic E-state index is 0.126. The maximum Gasteiger partial charge on any atom is 0.225 e. The van der Waals surface area contributed by atoms with Crippen molar-refractivity contribution in [2.75, 3.05) is 5.32 Å². The smallest absolute Gasteiger partial charge is 0.225 e. The highest BCUT2D eigenvalue weighted by molar-refractivity contribution is 5.98. The quantitative estimate of drug-likeness (QED) is 0.752. The summed E-state index contributed by atoms with van der Waals surface area (Å²) in [6, 6.07) is 4.54. The number of aromatic nitrogens is 2. The standard InChI is InChI=1S/C16H20N4O/c17-11-3-1-9(2-4-11)12-6-16(21)19-15-7-14-10(5-13(12)15)8-18-20-14/h5,7-9,11-12H,1-4,6,17H2,(H,18,20)(H,19,21)/t9?,11?,12-/m1/s1. The lowest BCUT2D eigenvalue weighted by atomic mass is 9.72. The van der Waals surface area contributed by atoms with Crippen molar-refractivity contribution in [2.24, 2.45) is 11.7 Å². The van der Waals surface area contributed by atoms with Crippen molar-refractivity contribution in [3.8, 4) is 0 Å². The van der Waals surface area contributed by atoms with Gasteiger partial charge in [0.15, 0.2) is 0 Å². The Labute approximate surface area is 123 Å². The number of fused-ring (bicyclic) bond motifs is 2. The van der Waals surface area contributed by atoms with Gasteiger partial charge in [-0.3, -0.25) is 9.89 Å². The predicted molar refractivity (Wildman–Crippen MR) is 82.0 cm³/mol. The Hall–Kier alpha value is -1.88. The zero-order chi connectivity index (χ0) is 14.4. The van der Waals surface area contributed by atoms with Gasteiger partial charge in [-0.2, -0.15) is 5.10 Å². The maximum absolute atomic E-state index is 12.1. The van der Waals surface area contributed by atoms with Gasteiger partial charge in [0.1, 0.15) is 0 Å². The number of hydrogen-bond acceptors (Lipinski definition) is 3. The highest BCUT2D eigenvalue weighted by atomic mass is 16.1. The van der Waals surface area contributed by atoms with Gasteiger partial charge in [0.25, 0.3) is 0 Å². The summed E-state index contributed by atoms with van der Waals surface area (Å²) in [7, 11) is 0. The summed E-state index contributed by atoms with van der Waals surface area (Å²) in [6.07, 6.45) is 6.85. The number of hydrogen-bond donors (Lipinski definition) is 3. The van der Waals surface area contributed by atoms with Crippen molar-refractivity contribution in [1.29, 1.82) is 0 Å². The van der Waals surface area contributed by atoms with Gasteiger partial charge in [0.2, 0.25) is 5.91 Å². The Morgan fingerprint density at radius 3 is 2.81 bits per heavy atom. The van der Waals surface area contributed by atoms with Crippen LogP contribution in [0.15, 0.2) is 18.3 Å². The molecule has 1 atom stereocenters. The molecule has 1 aromatic heterocycles. The lowest BCUT2D eigenvalue weighted by Crippen LogP contribution is -2.32. The average molecular weight is 284 g/mol. The van der Waals surface area contributed by atoms with E-state index in [-0.39, 0.29) is 5.91 Å². The van der Waals surface area contributed by atoms with Gasteiger partial charge < -0.3 is 11.1 Å². The minimum atomic E-state index is 0.126. The zero-order valence-electron chi connectivity index (χ0n) is 11.9. The van der Waals surface area contributed by atoms with Crippen LogP contribution in [0.2, 0.25) is 0 Å². The maximum atomic E-state index is 12.1. The number of anilines is 1. The number of carbonyl (C=O) groups is 1. The van der Waals surface area contributed by atoms with Gasteiger partial charge in [0, 0.05) is 23.5 Å². The van der Waals surface area contributed by atoms with Gasteiger partial charge >= 0.3 is 0 Å². The molecule has 21 heavy (non-hydrogen) atoms. The summed E-state index contributed by atoms with van der Waals surface area (Å²) >= 11 is 0. The van der Waals surface area contributed by atoms with Crippen molar-refractivity contribution in [1.82, 2.24) is 10.2 Å². The molecule has 110 valence electrons. The molecule has 1 amide bonds. The number of amides is 1. The highest BCUT2D eigenvalue weighted by Crippen LogP contribution is 2.44. The molecule has 0 saturated heterocycles. The fraction of sp³-hybridized carbons (Fsp3) is 0.500. The van der Waals surface area contributed by atoms with E-state index in [1.807, 2.05) is 12.3 Å². The summed E-state index contributed by atoms with van der Waals surface area (Å²) in [5, 5.41) is 11.2. The molecule has 4 N–H and O–H groups in total. The zero-order valence-corrected chi connectivity index (χ0v) is 11.9. The average Bonchev–Trinajstić information content (AvgIpc) is 2.92. The second kappa shape index (κ2) is 4.84. The summed E-state index contributed by atoms with van der Waals surface area (Å²) in [4.78, 5) is 12.1. The van der Waals surface area contributed by atoms with Crippen molar-refractivity contribution >= 4 is 22.5 Å². The molecule has 5 nitrogen and oxygen atoms in total. The summed E-state index contributed by atoms with van der Waals surface area (Å²) in [5.41, 5.74) is 9.20. The first-order chi connectivity index (χ1) is 10.2. The fourth-order valence-corrected chi connectivity index (χ4v) is 3.90. The van der Waals surface area contributed by atoms with Gasteiger partial charge in [-0.1, -0.05) is 0 Å². The first-order valence-corrected chi connectivity index (χ1v) is 7.73. The van der Waals surface area contributed by atoms with Crippen LogP contribution >= 0.6 is 0 Å². The second-order valence-electron chi connectivity index (χ2n) is 6.43. The lowest BCUT2D eigenvalue weighted by molar-refractivity contribution is -0.117. The van der Waals surface area contributed by atoms with Gasteiger partial charge in [-0.25, -0.2) is 0 Å². The van der Waals surface area contributed by atoms with Crippen LogP contribution in [0.1, 0.15) is 43.6 Å². The number of aromatic amines is 1. The molecule has 4 rings (SSSR count). The van der Waals surface area contributed by atoms with Crippen LogP contribution in [-0.4, -0.2) is 22.1 Å². The molecule has 0 bridgehead atoms. The number of carbonyl (C=O) groups excluding carboxylic acids is 1. The topological polar surface area (TPSA) is 83.8 Å². The van der Waals surface area contributed by atoms with Crippen LogP contribution in [0, 0.1) is 5.92 Å². The monoisotopic (exact) mass is 284 g/mol. The molecule has 1 saturated carbocycles. The molecular weight excluding hydrogens is 264 g/mol. The molecule has 5 heteroatoms. The van der Waals surface area contributed by atoms with Crippen molar-refractivity contribution in [2.45, 2.75) is 44.1 Å². The second-order valence-corrected chi connectivity index (χ2v) is 6.43. The Kier molecular flexibility index (Phi) is 2.96. The van der Waals surface area contributed by atoms with E-state index in [0.29, 0.717) is 24.3 Å². The first kappa shape index (κ1) is 12.8. The Balaban J connectivity index is 1.73. The third kappa shape index (κ3) is 2.21. The van der Waals surface area contributed by atoms with Crippen molar-refractivity contribution in [3.05, 3.63) is 23.9 Å². The van der Waals surface area contributed by atoms with E-state index in [1.165, 1.54) is 5.56 Å². The third-order valence-corrected chi connectivity index (χ3v) is 5.07. The Bertz CT molecular complexity index is 685. The number of nitrogens with one attached hydrogen (secondary N) is 2. The normalized spacial score (nSPS) is 29.2. The molecule has 1 aliphatic carbocycles. The lowest BCUT2D eigenvalue weighted by Gasteiger charge is -2.36. The molecule has 1 aliphatic heterocycles. The van der Waals surface area contributed by atoms with Crippen LogP contribution in [0.4, 0.5) is 5.69 Å². The third-order valence-electron chi connectivity index (χ3n) is 5.07. The van der Waals surface area contributed by atoms with Crippen LogP contribution < -0.4 is 11.1 Å². The predicted octanol–water partition coefficient (Wildman–Crippen LogP) is 2.51. The minimum Gasteiger partial charge on any atom is -0.328 e. The molecular formula is C16H20N4O. The number of H-pyrrole nitrogens is 1. The van der Waals surface area contributed by atoms with Gasteiger partial charge in [0.05, 0.1) is 11.7 Å². The number of rotatable bonds is 1. The fourth-order valence-electron chi connectivity index (χ4n) is 3.90. The van der Waals surface area contributed by atoms with E-state index < -0.39 is 0 Å². The summed E-state index contributed by atoms with van der Waals surface area (Å²) in [6.45, 7) is 0. The van der Waals surface area contributed by atoms with Crippen molar-refractivity contribution < 1.29 is 4.79 Å². The van der Waals surface area contributed by atoms with Crippen LogP contribution in [-0.2, 0) is 4.79 Å². The van der Waals surface area contributed by atoms with Gasteiger partial charge in [-0.15, -0.1) is 0 Å². The number of nitrogens with two attached hydrogens (primary N) is 1. The van der Waals surface area contributed by atoms with Crippen molar-refractivity contribution in [3.63, 3.8) is 0 Å². The molecule has 2 aromatic rings. The van der Waals surface area contributed by atoms with E-state index in [1.54, 1.807) is 0 Å². The SMILES string of the molecule is NC1CCC([C@H]2CC(=O)Nc3cc4[nH]ncc4cc32)CC1. The largest absolute Gasteiger partial charge is 0.328 e. The van der Waals surface area contributed by atoms with E-state index >= 15 is 0 Å². The Morgan fingerprint density at radius 1 is 1.19 bits per heavy atom. The first-order valence-electron chi connectivity index (χ1n) is 7.73. The molecule has 0 spiro atoms. The Morgan fingerprint density at radius 2 is 2.00 bits per heavy atom. The molecule has 0 radical (unpaired) electrons. The van der Waals surface area contributed by atoms with Gasteiger partial charge in [-0.05, 0) is 55.2 Å². The molecule has 0 unspecified atom stereocenters. The number of benzene rings is 1. The van der Waals surface area contributed by atoms with Crippen LogP contribution in [0.3, 0.4) is 0 Å². The molecule has 2 heterocycles. The van der Waals surface area contributed by atoms with E-state index in [4.69, 9.17) is 5.73 Å². The molecule has 1 fully saturated rings. The number of nitrogens with zero attached hydrogens (tertiary/aromatic N) is 1. The summed E-state index contributed by atoms with van der Waals surface area (Å²) < 4.78 is 0. The van der Waals surface area contributed by atoms with E-state index in [0.717, 1.165) is 42.3 Å². The molecule has 2 aliphatic rings. The van der Waals surface area contributed by atoms with Crippen LogP contribution in [0.5, 0.6) is 0 Å². The summed E-state index contributed by atoms with van der Waals surface area (Å²) in [5.74, 6) is 1.01. The molecule has 1 aromatic carbocycles.